The van der Waals surface area contributed by atoms with Crippen molar-refractivity contribution in [1.29, 1.82) is 0 Å². The van der Waals surface area contributed by atoms with Gasteiger partial charge in [-0.25, -0.2) is 14.4 Å². The van der Waals surface area contributed by atoms with Gasteiger partial charge in [0.2, 0.25) is 0 Å². The van der Waals surface area contributed by atoms with Gasteiger partial charge in [0.05, 0.1) is 12.4 Å². The molecule has 0 aliphatic carbocycles. The number of halogens is 1. The number of nitrogens with two attached hydrogens (primary N) is 1. The minimum Gasteiger partial charge on any atom is -0.382 e. The van der Waals surface area contributed by atoms with Crippen molar-refractivity contribution in [2.24, 2.45) is 0 Å². The minimum atomic E-state index is -0.263. The number of benzene rings is 1. The second-order valence-corrected chi connectivity index (χ2v) is 3.87. The van der Waals surface area contributed by atoms with E-state index in [1.807, 2.05) is 0 Å². The maximum absolute atomic E-state index is 13.3. The second-order valence-electron chi connectivity index (χ2n) is 2.81. The smallest absolute Gasteiger partial charge is 0.141 e. The molecule has 0 amide bonds. The zero-order valence-electron chi connectivity index (χ0n) is 7.72. The lowest BCUT2D eigenvalue weighted by molar-refractivity contribution is 0.602. The fraction of sp³-hybridized carbons (Fsp3) is 0. The largest absolute Gasteiger partial charge is 0.382 e. The molecule has 1 heterocycles. The molecule has 0 saturated carbocycles. The van der Waals surface area contributed by atoms with Crippen LogP contribution in [-0.2, 0) is 0 Å². The van der Waals surface area contributed by atoms with E-state index >= 15 is 0 Å². The van der Waals surface area contributed by atoms with Gasteiger partial charge in [0.1, 0.15) is 16.7 Å². The summed E-state index contributed by atoms with van der Waals surface area (Å²) in [5, 5.41) is 0.620. The van der Waals surface area contributed by atoms with Gasteiger partial charge >= 0.3 is 0 Å². The van der Waals surface area contributed by atoms with E-state index in [2.05, 4.69) is 9.97 Å². The van der Waals surface area contributed by atoms with Crippen molar-refractivity contribution in [3.63, 3.8) is 0 Å². The fourth-order valence-corrected chi connectivity index (χ4v) is 1.77. The van der Waals surface area contributed by atoms with Gasteiger partial charge in [-0.05, 0) is 12.1 Å². The zero-order chi connectivity index (χ0) is 10.7. The molecule has 0 radical (unpaired) electrons. The molecule has 0 saturated heterocycles. The molecular weight excluding hydrogens is 213 g/mol. The van der Waals surface area contributed by atoms with Gasteiger partial charge in [-0.15, -0.1) is 0 Å². The van der Waals surface area contributed by atoms with E-state index in [-0.39, 0.29) is 5.82 Å². The van der Waals surface area contributed by atoms with Crippen molar-refractivity contribution in [3.05, 3.63) is 42.5 Å². The van der Waals surface area contributed by atoms with Crippen molar-refractivity contribution in [2.75, 3.05) is 5.73 Å². The quantitative estimate of drug-likeness (QED) is 0.845. The molecule has 1 aromatic heterocycles. The number of nitrogens with zero attached hydrogens (tertiary/aromatic N) is 2. The highest BCUT2D eigenvalue weighted by molar-refractivity contribution is 7.99. The number of hydrogen-bond donors (Lipinski definition) is 1. The van der Waals surface area contributed by atoms with Crippen LogP contribution in [0.3, 0.4) is 0 Å². The Hall–Kier alpha value is -1.62. The van der Waals surface area contributed by atoms with E-state index < -0.39 is 0 Å². The van der Waals surface area contributed by atoms with Crippen LogP contribution in [0, 0.1) is 5.82 Å². The zero-order valence-corrected chi connectivity index (χ0v) is 8.54. The van der Waals surface area contributed by atoms with Gasteiger partial charge in [-0.1, -0.05) is 23.9 Å². The van der Waals surface area contributed by atoms with E-state index in [0.717, 1.165) is 0 Å². The summed E-state index contributed by atoms with van der Waals surface area (Å²) in [6.07, 6.45) is 2.97. The Bertz CT molecular complexity index is 458. The highest BCUT2D eigenvalue weighted by Gasteiger charge is 2.03. The first-order chi connectivity index (χ1) is 7.25. The normalized spacial score (nSPS) is 10.2. The molecular formula is C10H8FN3S. The third kappa shape index (κ3) is 2.44. The van der Waals surface area contributed by atoms with E-state index in [1.165, 1.54) is 30.2 Å². The number of hydrogen-bond acceptors (Lipinski definition) is 4. The molecule has 15 heavy (non-hydrogen) atoms. The molecule has 0 atom stereocenters. The van der Waals surface area contributed by atoms with Crippen LogP contribution < -0.4 is 5.73 Å². The lowest BCUT2D eigenvalue weighted by Crippen LogP contribution is -1.91. The third-order valence-corrected chi connectivity index (χ3v) is 2.67. The molecule has 2 aromatic rings. The summed E-state index contributed by atoms with van der Waals surface area (Å²) in [5.41, 5.74) is 5.39. The molecule has 1 aromatic carbocycles. The van der Waals surface area contributed by atoms with Gasteiger partial charge in [0.25, 0.3) is 0 Å². The predicted octanol–water partition coefficient (Wildman–Crippen LogP) is 2.35. The molecule has 76 valence electrons. The third-order valence-electron chi connectivity index (χ3n) is 1.70. The highest BCUT2D eigenvalue weighted by atomic mass is 32.2. The Kier molecular flexibility index (Phi) is 2.82. The van der Waals surface area contributed by atoms with Crippen LogP contribution in [0.2, 0.25) is 0 Å². The predicted molar refractivity (Wildman–Crippen MR) is 57.0 cm³/mol. The van der Waals surface area contributed by atoms with Crippen LogP contribution in [0.1, 0.15) is 0 Å². The lowest BCUT2D eigenvalue weighted by Gasteiger charge is -2.01. The highest BCUT2D eigenvalue weighted by Crippen LogP contribution is 2.27. The Morgan fingerprint density at radius 1 is 1.13 bits per heavy atom. The molecule has 3 nitrogen and oxygen atoms in total. The first kappa shape index (κ1) is 9.92. The van der Waals surface area contributed by atoms with E-state index in [4.69, 9.17) is 5.73 Å². The summed E-state index contributed by atoms with van der Waals surface area (Å²) in [7, 11) is 0. The first-order valence-electron chi connectivity index (χ1n) is 4.25. The van der Waals surface area contributed by atoms with Crippen molar-refractivity contribution in [2.45, 2.75) is 9.92 Å². The number of rotatable bonds is 2. The fourth-order valence-electron chi connectivity index (χ4n) is 1.02. The first-order valence-corrected chi connectivity index (χ1v) is 5.07. The summed E-state index contributed by atoms with van der Waals surface area (Å²) >= 11 is 1.22. The van der Waals surface area contributed by atoms with Crippen LogP contribution in [-0.4, -0.2) is 9.97 Å². The Morgan fingerprint density at radius 3 is 2.60 bits per heavy atom. The SMILES string of the molecule is Nc1cnc(Sc2ccccc2F)cn1. The summed E-state index contributed by atoms with van der Waals surface area (Å²) < 4.78 is 13.3. The number of nitrogen functional groups attached to an aromatic ring is 1. The van der Waals surface area contributed by atoms with Gasteiger partial charge in [-0.2, -0.15) is 0 Å². The molecule has 0 fully saturated rings. The van der Waals surface area contributed by atoms with Gasteiger partial charge in [0, 0.05) is 4.90 Å². The summed E-state index contributed by atoms with van der Waals surface area (Å²) in [6, 6.07) is 6.52. The van der Waals surface area contributed by atoms with Crippen molar-refractivity contribution >= 4 is 17.6 Å². The average Bonchev–Trinajstić information content (AvgIpc) is 2.25. The number of anilines is 1. The molecule has 5 heteroatoms. The van der Waals surface area contributed by atoms with Crippen LogP contribution >= 0.6 is 11.8 Å². The van der Waals surface area contributed by atoms with Gasteiger partial charge in [-0.3, -0.25) is 0 Å². The molecule has 0 aliphatic rings. The van der Waals surface area contributed by atoms with E-state index in [1.54, 1.807) is 18.2 Å². The van der Waals surface area contributed by atoms with Crippen molar-refractivity contribution in [3.8, 4) is 0 Å². The Labute approximate surface area is 90.6 Å². The van der Waals surface area contributed by atoms with Gasteiger partial charge in [0.15, 0.2) is 0 Å². The van der Waals surface area contributed by atoms with Crippen LogP contribution in [0.15, 0.2) is 46.6 Å². The van der Waals surface area contributed by atoms with Crippen molar-refractivity contribution < 1.29 is 4.39 Å². The Morgan fingerprint density at radius 2 is 1.93 bits per heavy atom. The summed E-state index contributed by atoms with van der Waals surface area (Å²) in [5.74, 6) is 0.0917. The molecule has 0 spiro atoms. The second kappa shape index (κ2) is 4.27. The maximum Gasteiger partial charge on any atom is 0.141 e. The molecule has 0 unspecified atom stereocenters. The molecule has 2 rings (SSSR count). The van der Waals surface area contributed by atoms with Crippen molar-refractivity contribution in [1.82, 2.24) is 9.97 Å². The average molecular weight is 221 g/mol. The topological polar surface area (TPSA) is 51.8 Å². The van der Waals surface area contributed by atoms with Crippen LogP contribution in [0.5, 0.6) is 0 Å². The standard InChI is InChI=1S/C10H8FN3S/c11-7-3-1-2-4-8(7)15-10-6-13-9(12)5-14-10/h1-6H,(H2,12,13). The summed E-state index contributed by atoms with van der Waals surface area (Å²) in [4.78, 5) is 8.43. The van der Waals surface area contributed by atoms with E-state index in [9.17, 15) is 4.39 Å². The molecule has 2 N–H and O–H groups in total. The lowest BCUT2D eigenvalue weighted by atomic mass is 10.3. The maximum atomic E-state index is 13.3. The molecule has 0 aliphatic heterocycles. The monoisotopic (exact) mass is 221 g/mol. The molecule has 0 bridgehead atoms. The van der Waals surface area contributed by atoms with Crippen LogP contribution in [0.4, 0.5) is 10.2 Å². The van der Waals surface area contributed by atoms with Gasteiger partial charge < -0.3 is 5.73 Å². The van der Waals surface area contributed by atoms with Crippen LogP contribution in [0.25, 0.3) is 0 Å². The summed E-state index contributed by atoms with van der Waals surface area (Å²) in [6.45, 7) is 0. The van der Waals surface area contributed by atoms with E-state index in [0.29, 0.717) is 15.7 Å². The number of aromatic nitrogens is 2. The minimum absolute atomic E-state index is 0.263. The Balaban J connectivity index is 2.22.